The summed E-state index contributed by atoms with van der Waals surface area (Å²) in [6.07, 6.45) is 6.12. The Kier molecular flexibility index (Phi) is 3.88. The van der Waals surface area contributed by atoms with Gasteiger partial charge in [-0.1, -0.05) is 50.1 Å². The van der Waals surface area contributed by atoms with Gasteiger partial charge in [0.25, 0.3) is 0 Å². The van der Waals surface area contributed by atoms with Crippen LogP contribution in [-0.2, 0) is 0 Å². The lowest BCUT2D eigenvalue weighted by atomic mass is 9.78. The topological polar surface area (TPSA) is 48.9 Å². The Bertz CT molecular complexity index is 549. The number of hydrogen-bond donors (Lipinski definition) is 2. The maximum Gasteiger partial charge on any atom is 0.0854 e. The number of aromatic nitrogens is 2. The zero-order valence-corrected chi connectivity index (χ0v) is 11.9. The van der Waals surface area contributed by atoms with Crippen LogP contribution in [-0.4, -0.2) is 15.3 Å². The lowest BCUT2D eigenvalue weighted by Crippen LogP contribution is -2.20. The summed E-state index contributed by atoms with van der Waals surface area (Å²) in [4.78, 5) is 0. The van der Waals surface area contributed by atoms with Crippen LogP contribution in [0.5, 0.6) is 0 Å². The van der Waals surface area contributed by atoms with Crippen molar-refractivity contribution in [2.45, 2.75) is 38.7 Å². The Balaban J connectivity index is 1.86. The smallest absolute Gasteiger partial charge is 0.0854 e. The van der Waals surface area contributed by atoms with Gasteiger partial charge in [-0.3, -0.25) is 5.10 Å². The van der Waals surface area contributed by atoms with E-state index < -0.39 is 6.10 Å². The third-order valence-electron chi connectivity index (χ3n) is 4.47. The molecule has 2 aromatic rings. The average Bonchev–Trinajstić information content (AvgIpc) is 2.97. The molecule has 0 bridgehead atoms. The van der Waals surface area contributed by atoms with Gasteiger partial charge in [0.1, 0.15) is 0 Å². The largest absolute Gasteiger partial charge is 0.388 e. The summed E-state index contributed by atoms with van der Waals surface area (Å²) < 4.78 is 0. The SMILES string of the molecule is CC1CCCC(C(O)c2cn[nH]c2-c2ccccc2)C1. The number of benzene rings is 1. The van der Waals surface area contributed by atoms with Gasteiger partial charge in [-0.15, -0.1) is 0 Å². The molecule has 2 N–H and O–H groups in total. The molecule has 20 heavy (non-hydrogen) atoms. The summed E-state index contributed by atoms with van der Waals surface area (Å²) in [5.74, 6) is 1.08. The summed E-state index contributed by atoms with van der Waals surface area (Å²) in [7, 11) is 0. The van der Waals surface area contributed by atoms with Crippen LogP contribution in [0.3, 0.4) is 0 Å². The molecule has 106 valence electrons. The standard InChI is InChI=1S/C17H22N2O/c1-12-6-5-9-14(10-12)17(20)15-11-18-19-16(15)13-7-3-2-4-8-13/h2-4,7-8,11-12,14,17,20H,5-6,9-10H2,1H3,(H,18,19). The van der Waals surface area contributed by atoms with E-state index >= 15 is 0 Å². The summed E-state index contributed by atoms with van der Waals surface area (Å²) >= 11 is 0. The molecule has 3 atom stereocenters. The van der Waals surface area contributed by atoms with Crippen molar-refractivity contribution in [3.8, 4) is 11.3 Å². The van der Waals surface area contributed by atoms with Gasteiger partial charge in [0.15, 0.2) is 0 Å². The van der Waals surface area contributed by atoms with Crippen molar-refractivity contribution in [2.75, 3.05) is 0 Å². The zero-order valence-electron chi connectivity index (χ0n) is 11.9. The molecule has 0 radical (unpaired) electrons. The van der Waals surface area contributed by atoms with Crippen LogP contribution in [0.2, 0.25) is 0 Å². The number of aromatic amines is 1. The average molecular weight is 270 g/mol. The fourth-order valence-electron chi connectivity index (χ4n) is 3.38. The first-order valence-electron chi connectivity index (χ1n) is 7.52. The van der Waals surface area contributed by atoms with Crippen molar-refractivity contribution < 1.29 is 5.11 Å². The van der Waals surface area contributed by atoms with Crippen molar-refractivity contribution in [2.24, 2.45) is 11.8 Å². The van der Waals surface area contributed by atoms with Crippen molar-refractivity contribution in [3.63, 3.8) is 0 Å². The number of aliphatic hydroxyl groups is 1. The number of rotatable bonds is 3. The molecular formula is C17H22N2O. The highest BCUT2D eigenvalue weighted by Gasteiger charge is 2.28. The van der Waals surface area contributed by atoms with Crippen LogP contribution >= 0.6 is 0 Å². The van der Waals surface area contributed by atoms with Gasteiger partial charge < -0.3 is 5.11 Å². The zero-order chi connectivity index (χ0) is 13.9. The van der Waals surface area contributed by atoms with Gasteiger partial charge in [0.2, 0.25) is 0 Å². The van der Waals surface area contributed by atoms with Gasteiger partial charge in [-0.25, -0.2) is 0 Å². The minimum absolute atomic E-state index is 0.360. The highest BCUT2D eigenvalue weighted by atomic mass is 16.3. The predicted octanol–water partition coefficient (Wildman–Crippen LogP) is 3.94. The van der Waals surface area contributed by atoms with E-state index in [1.165, 1.54) is 12.8 Å². The first-order chi connectivity index (χ1) is 9.75. The molecule has 1 aromatic heterocycles. The molecule has 0 spiro atoms. The molecule has 0 saturated heterocycles. The second-order valence-corrected chi connectivity index (χ2v) is 6.04. The van der Waals surface area contributed by atoms with Gasteiger partial charge in [-0.05, 0) is 30.2 Å². The van der Waals surface area contributed by atoms with Crippen LogP contribution in [0.4, 0.5) is 0 Å². The van der Waals surface area contributed by atoms with E-state index in [1.807, 2.05) is 30.3 Å². The minimum Gasteiger partial charge on any atom is -0.388 e. The maximum atomic E-state index is 10.7. The molecule has 1 aliphatic carbocycles. The van der Waals surface area contributed by atoms with E-state index in [2.05, 4.69) is 17.1 Å². The number of hydrogen-bond acceptors (Lipinski definition) is 2. The molecule has 3 nitrogen and oxygen atoms in total. The molecule has 0 amide bonds. The van der Waals surface area contributed by atoms with Crippen molar-refractivity contribution in [1.82, 2.24) is 10.2 Å². The quantitative estimate of drug-likeness (QED) is 0.887. The maximum absolute atomic E-state index is 10.7. The van der Waals surface area contributed by atoms with Crippen molar-refractivity contribution in [1.29, 1.82) is 0 Å². The number of aliphatic hydroxyl groups excluding tert-OH is 1. The molecular weight excluding hydrogens is 248 g/mol. The minimum atomic E-state index is -0.410. The van der Waals surface area contributed by atoms with Crippen LogP contribution in [0.25, 0.3) is 11.3 Å². The van der Waals surface area contributed by atoms with E-state index in [9.17, 15) is 5.11 Å². The number of H-pyrrole nitrogens is 1. The van der Waals surface area contributed by atoms with Crippen LogP contribution in [0.1, 0.15) is 44.3 Å². The molecule has 3 unspecified atom stereocenters. The van der Waals surface area contributed by atoms with E-state index in [4.69, 9.17) is 0 Å². The Labute approximate surface area is 120 Å². The van der Waals surface area contributed by atoms with Crippen LogP contribution < -0.4 is 0 Å². The van der Waals surface area contributed by atoms with Crippen LogP contribution in [0, 0.1) is 11.8 Å². The first-order valence-corrected chi connectivity index (χ1v) is 7.52. The second kappa shape index (κ2) is 5.80. The van der Waals surface area contributed by atoms with E-state index in [-0.39, 0.29) is 0 Å². The van der Waals surface area contributed by atoms with Crippen molar-refractivity contribution >= 4 is 0 Å². The lowest BCUT2D eigenvalue weighted by molar-refractivity contribution is 0.0718. The van der Waals surface area contributed by atoms with Crippen molar-refractivity contribution in [3.05, 3.63) is 42.1 Å². The molecule has 1 heterocycles. The van der Waals surface area contributed by atoms with Gasteiger partial charge >= 0.3 is 0 Å². The Morgan fingerprint density at radius 3 is 2.80 bits per heavy atom. The van der Waals surface area contributed by atoms with Gasteiger partial charge in [0.05, 0.1) is 18.0 Å². The Morgan fingerprint density at radius 1 is 1.25 bits per heavy atom. The molecule has 1 saturated carbocycles. The fourth-order valence-corrected chi connectivity index (χ4v) is 3.38. The summed E-state index contributed by atoms with van der Waals surface area (Å²) in [5.41, 5.74) is 2.98. The number of nitrogens with one attached hydrogen (secondary N) is 1. The molecule has 1 fully saturated rings. The third-order valence-corrected chi connectivity index (χ3v) is 4.47. The lowest BCUT2D eigenvalue weighted by Gasteiger charge is -2.30. The summed E-state index contributed by atoms with van der Waals surface area (Å²) in [6, 6.07) is 10.1. The number of nitrogens with zero attached hydrogens (tertiary/aromatic N) is 1. The molecule has 1 aliphatic rings. The van der Waals surface area contributed by atoms with Crippen LogP contribution in [0.15, 0.2) is 36.5 Å². The molecule has 3 heteroatoms. The van der Waals surface area contributed by atoms with E-state index in [0.29, 0.717) is 5.92 Å². The Morgan fingerprint density at radius 2 is 2.05 bits per heavy atom. The predicted molar refractivity (Wildman–Crippen MR) is 80.1 cm³/mol. The summed E-state index contributed by atoms with van der Waals surface area (Å²) in [5, 5.41) is 17.9. The summed E-state index contributed by atoms with van der Waals surface area (Å²) in [6.45, 7) is 2.28. The molecule has 3 rings (SSSR count). The highest BCUT2D eigenvalue weighted by molar-refractivity contribution is 5.62. The van der Waals surface area contributed by atoms with E-state index in [0.717, 1.165) is 35.6 Å². The molecule has 0 aliphatic heterocycles. The normalized spacial score (nSPS) is 24.5. The fraction of sp³-hybridized carbons (Fsp3) is 0.471. The monoisotopic (exact) mass is 270 g/mol. The third kappa shape index (κ3) is 2.63. The second-order valence-electron chi connectivity index (χ2n) is 6.04. The Hall–Kier alpha value is -1.61. The van der Waals surface area contributed by atoms with E-state index in [1.54, 1.807) is 6.20 Å². The van der Waals surface area contributed by atoms with Gasteiger partial charge in [0, 0.05) is 5.56 Å². The van der Waals surface area contributed by atoms with Gasteiger partial charge in [-0.2, -0.15) is 5.10 Å². The molecule has 1 aromatic carbocycles. The highest BCUT2D eigenvalue weighted by Crippen LogP contribution is 2.39. The first kappa shape index (κ1) is 13.4.